The second-order valence-corrected chi connectivity index (χ2v) is 1.81. The highest BCUT2D eigenvalue weighted by atomic mass is 35.5. The average molecular weight is 145 g/mol. The summed E-state index contributed by atoms with van der Waals surface area (Å²) in [5.74, 6) is -0.194. The van der Waals surface area contributed by atoms with Gasteiger partial charge in [-0.15, -0.1) is 0 Å². The molecule has 0 fully saturated rings. The molecule has 0 aliphatic heterocycles. The van der Waals surface area contributed by atoms with Gasteiger partial charge in [-0.25, -0.2) is 4.79 Å². The Labute approximate surface area is 55.7 Å². The lowest BCUT2D eigenvalue weighted by Gasteiger charge is -1.88. The van der Waals surface area contributed by atoms with Crippen molar-refractivity contribution in [2.24, 2.45) is 0 Å². The Morgan fingerprint density at radius 3 is 2.89 bits per heavy atom. The van der Waals surface area contributed by atoms with Crippen molar-refractivity contribution in [1.82, 2.24) is 15.7 Å². The molecule has 0 unspecified atom stereocenters. The van der Waals surface area contributed by atoms with Crippen LogP contribution in [0.4, 0.5) is 5.82 Å². The van der Waals surface area contributed by atoms with Crippen molar-refractivity contribution in [3.8, 4) is 0 Å². The molecule has 1 heterocycles. The van der Waals surface area contributed by atoms with Gasteiger partial charge in [0.2, 0.25) is 0 Å². The van der Waals surface area contributed by atoms with Crippen LogP contribution in [0.2, 0.25) is 5.02 Å². The lowest BCUT2D eigenvalue weighted by molar-refractivity contribution is 1.06. The largest absolute Gasteiger partial charge is 0.347 e. The van der Waals surface area contributed by atoms with Gasteiger partial charge < -0.3 is 4.98 Å². The van der Waals surface area contributed by atoms with E-state index in [1.807, 2.05) is 0 Å². The SMILES string of the molecule is [NH]c1nc(=O)[nH]cc1Cl. The molecule has 0 spiro atoms. The fraction of sp³-hybridized carbons (Fsp3) is 0. The maximum atomic E-state index is 10.3. The molecule has 2 N–H and O–H groups in total. The molecule has 1 aromatic heterocycles. The molecule has 0 saturated carbocycles. The molecular weight excluding hydrogens is 142 g/mol. The zero-order valence-electron chi connectivity index (χ0n) is 4.31. The Kier molecular flexibility index (Phi) is 1.40. The smallest absolute Gasteiger partial charge is 0.311 e. The lowest BCUT2D eigenvalue weighted by Crippen LogP contribution is -2.08. The summed E-state index contributed by atoms with van der Waals surface area (Å²) in [6, 6.07) is 0. The first-order valence-electron chi connectivity index (χ1n) is 2.17. The van der Waals surface area contributed by atoms with E-state index in [0.29, 0.717) is 0 Å². The summed E-state index contributed by atoms with van der Waals surface area (Å²) in [5.41, 5.74) is 6.35. The summed E-state index contributed by atoms with van der Waals surface area (Å²) in [6.45, 7) is 0. The monoisotopic (exact) mass is 144 g/mol. The minimum Gasteiger partial charge on any atom is -0.311 e. The van der Waals surface area contributed by atoms with E-state index in [4.69, 9.17) is 17.3 Å². The second kappa shape index (κ2) is 2.06. The number of aromatic nitrogens is 2. The van der Waals surface area contributed by atoms with Crippen LogP contribution < -0.4 is 11.4 Å². The van der Waals surface area contributed by atoms with Gasteiger partial charge in [-0.05, 0) is 0 Å². The Bertz CT molecular complexity index is 269. The first kappa shape index (κ1) is 6.10. The molecular formula is C4H3ClN3O. The van der Waals surface area contributed by atoms with Crippen LogP contribution in [0.15, 0.2) is 11.0 Å². The molecule has 0 aliphatic carbocycles. The topological polar surface area (TPSA) is 69.5 Å². The standard InChI is InChI=1S/C4H3ClN3O/c5-2-1-7-4(9)8-3(2)6/h1,6H,(H,7,8,9). The highest BCUT2D eigenvalue weighted by Gasteiger charge is 1.95. The summed E-state index contributed by atoms with van der Waals surface area (Å²) in [5, 5.41) is 0.148. The van der Waals surface area contributed by atoms with Crippen LogP contribution in [-0.2, 0) is 0 Å². The molecule has 1 radical (unpaired) electrons. The molecule has 9 heavy (non-hydrogen) atoms. The van der Waals surface area contributed by atoms with Crippen LogP contribution in [0.3, 0.4) is 0 Å². The molecule has 0 bridgehead atoms. The number of aromatic amines is 1. The Morgan fingerprint density at radius 2 is 2.44 bits per heavy atom. The van der Waals surface area contributed by atoms with Crippen LogP contribution >= 0.6 is 11.6 Å². The minimum atomic E-state index is -0.551. The summed E-state index contributed by atoms with van der Waals surface area (Å²) >= 11 is 5.36. The van der Waals surface area contributed by atoms with Gasteiger partial charge in [0.05, 0.1) is 0 Å². The van der Waals surface area contributed by atoms with Gasteiger partial charge in [-0.3, -0.25) is 5.73 Å². The summed E-state index contributed by atoms with van der Waals surface area (Å²) < 4.78 is 0. The van der Waals surface area contributed by atoms with E-state index in [2.05, 4.69) is 9.97 Å². The number of rotatable bonds is 0. The molecule has 0 amide bonds. The summed E-state index contributed by atoms with van der Waals surface area (Å²) in [6.07, 6.45) is 1.24. The van der Waals surface area contributed by atoms with Crippen molar-refractivity contribution < 1.29 is 0 Å². The van der Waals surface area contributed by atoms with E-state index in [9.17, 15) is 4.79 Å². The summed E-state index contributed by atoms with van der Waals surface area (Å²) in [7, 11) is 0. The predicted molar refractivity (Wildman–Crippen MR) is 32.6 cm³/mol. The zero-order valence-corrected chi connectivity index (χ0v) is 5.07. The molecule has 0 aromatic carbocycles. The van der Waals surface area contributed by atoms with Crippen LogP contribution in [0.5, 0.6) is 0 Å². The van der Waals surface area contributed by atoms with Crippen molar-refractivity contribution in [3.05, 3.63) is 21.7 Å². The number of halogens is 1. The number of hydrogen-bond acceptors (Lipinski definition) is 2. The Hall–Kier alpha value is -1.03. The fourth-order valence-electron chi connectivity index (χ4n) is 0.381. The molecule has 1 aromatic rings. The maximum Gasteiger partial charge on any atom is 0.347 e. The second-order valence-electron chi connectivity index (χ2n) is 1.40. The van der Waals surface area contributed by atoms with Crippen molar-refractivity contribution in [1.29, 1.82) is 0 Å². The molecule has 47 valence electrons. The lowest BCUT2D eigenvalue weighted by atomic mass is 10.6. The highest BCUT2D eigenvalue weighted by molar-refractivity contribution is 6.32. The van der Waals surface area contributed by atoms with Gasteiger partial charge >= 0.3 is 5.69 Å². The number of nitrogens with one attached hydrogen (secondary N) is 2. The fourth-order valence-corrected chi connectivity index (χ4v) is 0.477. The van der Waals surface area contributed by atoms with Gasteiger partial charge in [0.15, 0.2) is 5.82 Å². The van der Waals surface area contributed by atoms with Crippen LogP contribution in [0.25, 0.3) is 0 Å². The zero-order chi connectivity index (χ0) is 6.85. The Balaban J connectivity index is 3.34. The van der Waals surface area contributed by atoms with Crippen molar-refractivity contribution in [2.75, 3.05) is 0 Å². The normalized spacial score (nSPS) is 9.44. The number of hydrogen-bond donors (Lipinski definition) is 1. The molecule has 0 atom stereocenters. The highest BCUT2D eigenvalue weighted by Crippen LogP contribution is 2.10. The molecule has 0 saturated heterocycles. The molecule has 0 aliphatic rings. The minimum absolute atomic E-state index is 0.148. The van der Waals surface area contributed by atoms with Gasteiger partial charge in [-0.2, -0.15) is 4.98 Å². The third-order valence-electron chi connectivity index (χ3n) is 0.762. The van der Waals surface area contributed by atoms with Gasteiger partial charge in [-0.1, -0.05) is 11.6 Å². The molecule has 1 rings (SSSR count). The van der Waals surface area contributed by atoms with Crippen molar-refractivity contribution in [2.45, 2.75) is 0 Å². The quantitative estimate of drug-likeness (QED) is 0.570. The maximum absolute atomic E-state index is 10.3. The third kappa shape index (κ3) is 1.20. The average Bonchev–Trinajstić information content (AvgIpc) is 1.80. The van der Waals surface area contributed by atoms with Crippen molar-refractivity contribution >= 4 is 17.4 Å². The van der Waals surface area contributed by atoms with E-state index in [0.717, 1.165) is 0 Å². The van der Waals surface area contributed by atoms with Crippen molar-refractivity contribution in [3.63, 3.8) is 0 Å². The predicted octanol–water partition coefficient (Wildman–Crippen LogP) is 0.338. The van der Waals surface area contributed by atoms with E-state index < -0.39 is 5.69 Å². The van der Waals surface area contributed by atoms with E-state index >= 15 is 0 Å². The first-order chi connectivity index (χ1) is 4.20. The van der Waals surface area contributed by atoms with E-state index in [1.165, 1.54) is 6.20 Å². The van der Waals surface area contributed by atoms with Crippen LogP contribution in [0.1, 0.15) is 0 Å². The number of H-pyrrole nitrogens is 1. The summed E-state index contributed by atoms with van der Waals surface area (Å²) in [4.78, 5) is 15.7. The van der Waals surface area contributed by atoms with E-state index in [-0.39, 0.29) is 10.8 Å². The van der Waals surface area contributed by atoms with Gasteiger partial charge in [0.25, 0.3) is 0 Å². The third-order valence-corrected chi connectivity index (χ3v) is 1.05. The van der Waals surface area contributed by atoms with Gasteiger partial charge in [0.1, 0.15) is 5.02 Å². The van der Waals surface area contributed by atoms with Gasteiger partial charge in [0, 0.05) is 6.20 Å². The first-order valence-corrected chi connectivity index (χ1v) is 2.55. The van der Waals surface area contributed by atoms with E-state index in [1.54, 1.807) is 0 Å². The van der Waals surface area contributed by atoms with Crippen LogP contribution in [-0.4, -0.2) is 9.97 Å². The number of nitrogens with zero attached hydrogens (tertiary/aromatic N) is 1. The Morgan fingerprint density at radius 1 is 1.78 bits per heavy atom. The van der Waals surface area contributed by atoms with Crippen LogP contribution in [0, 0.1) is 0 Å². The molecule has 4 nitrogen and oxygen atoms in total. The molecule has 5 heteroatoms.